The number of phosphoric ester groups is 4. The number of aromatic amines is 4. The topological polar surface area (TPSA) is 552 Å². The van der Waals surface area contributed by atoms with Gasteiger partial charge in [-0.15, -0.1) is 0 Å². The van der Waals surface area contributed by atoms with Crippen LogP contribution in [0.1, 0.15) is 79.8 Å². The van der Waals surface area contributed by atoms with E-state index in [4.69, 9.17) is 50.8 Å². The molecule has 0 aliphatic carbocycles. The van der Waals surface area contributed by atoms with Gasteiger partial charge >= 0.3 is 60.0 Å². The number of aryl methyl sites for hydroxylation is 4. The SMILES string of the molecule is CC(=O)OC1CC(n2cc(C)c(=O)[nH]c2=O)OC1COP(=O)(O)OC1CC(n2cc(C)c(=O)[nH]c2=O)OC1COP(=O)(O)OC1CC(n2cc(C)c(=O)[nH]c2=O)OC1COP(=O)(O)OC1CC(n2cc(C)c(=O)[nH]c2=O)OC1COP(=O)(O)O.N. The summed E-state index contributed by atoms with van der Waals surface area (Å²) in [6, 6.07) is 0. The lowest BCUT2D eigenvalue weighted by Gasteiger charge is -2.25. The second kappa shape index (κ2) is 26.4. The van der Waals surface area contributed by atoms with Crippen molar-refractivity contribution in [3.8, 4) is 0 Å². The Morgan fingerprint density at radius 1 is 0.459 bits per heavy atom. The lowest BCUT2D eigenvalue weighted by atomic mass is 10.2. The molecule has 4 saturated heterocycles. The van der Waals surface area contributed by atoms with Crippen LogP contribution in [0.25, 0.3) is 0 Å². The molecule has 12 N–H and O–H groups in total. The zero-order valence-electron chi connectivity index (χ0n) is 45.1. The predicted molar refractivity (Wildman–Crippen MR) is 279 cm³/mol. The van der Waals surface area contributed by atoms with Gasteiger partial charge in [0.2, 0.25) is 0 Å². The lowest BCUT2D eigenvalue weighted by Crippen LogP contribution is -2.33. The molecule has 4 aliphatic heterocycles. The molecule has 0 radical (unpaired) electrons. The Morgan fingerprint density at radius 2 is 0.694 bits per heavy atom. The fourth-order valence-electron chi connectivity index (χ4n) is 9.23. The number of esters is 1. The molecule has 4 aromatic heterocycles. The van der Waals surface area contributed by atoms with E-state index in [-0.39, 0.29) is 34.8 Å². The molecule has 8 heterocycles. The number of hydrogen-bond acceptors (Lipinski definition) is 26. The highest BCUT2D eigenvalue weighted by Gasteiger charge is 2.49. The molecule has 15 unspecified atom stereocenters. The van der Waals surface area contributed by atoms with Crippen molar-refractivity contribution in [3.05, 3.63) is 130 Å². The molecule has 8 rings (SSSR count). The molecule has 0 amide bonds. The average Bonchev–Trinajstić information content (AvgIpc) is 3.70. The van der Waals surface area contributed by atoms with Crippen LogP contribution in [0.4, 0.5) is 0 Å². The second-order valence-corrected chi connectivity index (χ2v) is 25.0. The fraction of sp³-hybridized carbons (Fsp3) is 0.595. The molecule has 0 bridgehead atoms. The Kier molecular flexibility index (Phi) is 20.8. The van der Waals surface area contributed by atoms with Crippen molar-refractivity contribution < 1.29 is 103 Å². The van der Waals surface area contributed by atoms with Gasteiger partial charge in [0.1, 0.15) is 73.7 Å². The van der Waals surface area contributed by atoms with Crippen LogP contribution in [0, 0.1) is 27.7 Å². The molecule has 39 nitrogen and oxygen atoms in total. The minimum atomic E-state index is -5.53. The molecular formula is C42H59N9O30P4. The number of carbonyl (C=O) groups is 1. The molecule has 0 aromatic carbocycles. The van der Waals surface area contributed by atoms with Crippen LogP contribution in [-0.2, 0) is 78.4 Å². The smallest absolute Gasteiger partial charge is 0.460 e. The van der Waals surface area contributed by atoms with Gasteiger partial charge in [-0.05, 0) is 27.7 Å². The number of carbonyl (C=O) groups excluding carboxylic acids is 1. The molecule has 85 heavy (non-hydrogen) atoms. The molecule has 4 aromatic rings. The highest BCUT2D eigenvalue weighted by atomic mass is 31.2. The normalized spacial score (nSPS) is 28.1. The van der Waals surface area contributed by atoms with Crippen LogP contribution in [0.3, 0.4) is 0 Å². The highest BCUT2D eigenvalue weighted by molar-refractivity contribution is 7.48. The molecule has 43 heteroatoms. The predicted octanol–water partition coefficient (Wildman–Crippen LogP) is -1.72. The summed E-state index contributed by atoms with van der Waals surface area (Å²) in [5, 5.41) is 0. The van der Waals surface area contributed by atoms with Crippen molar-refractivity contribution in [3.63, 3.8) is 0 Å². The van der Waals surface area contributed by atoms with E-state index in [0.29, 0.717) is 0 Å². The van der Waals surface area contributed by atoms with Crippen LogP contribution in [-0.4, -0.2) is 144 Å². The van der Waals surface area contributed by atoms with E-state index in [0.717, 1.165) is 43.8 Å². The maximum atomic E-state index is 13.9. The molecule has 15 atom stereocenters. The minimum absolute atomic E-state index is 0. The first-order valence-electron chi connectivity index (χ1n) is 24.9. The first-order chi connectivity index (χ1) is 39.1. The van der Waals surface area contributed by atoms with Crippen molar-refractivity contribution in [2.24, 2.45) is 0 Å². The molecule has 4 aliphatic rings. The summed E-state index contributed by atoms with van der Waals surface area (Å²) in [5.41, 5.74) is -6.82. The summed E-state index contributed by atoms with van der Waals surface area (Å²) >= 11 is 0. The van der Waals surface area contributed by atoms with E-state index in [1.807, 2.05) is 9.97 Å². The number of nitrogens with one attached hydrogen (secondary N) is 4. The molecule has 0 spiro atoms. The third kappa shape index (κ3) is 16.7. The summed E-state index contributed by atoms with van der Waals surface area (Å²) in [5.74, 6) is -0.806. The third-order valence-corrected chi connectivity index (χ3v) is 16.8. The van der Waals surface area contributed by atoms with Gasteiger partial charge in [0.25, 0.3) is 22.2 Å². The molecule has 0 saturated carbocycles. The van der Waals surface area contributed by atoms with Gasteiger partial charge in [-0.1, -0.05) is 0 Å². The van der Waals surface area contributed by atoms with E-state index >= 15 is 0 Å². The number of nitrogens with zero attached hydrogens (tertiary/aromatic N) is 4. The average molecular weight is 1290 g/mol. The number of phosphoric acid groups is 4. The summed E-state index contributed by atoms with van der Waals surface area (Å²) in [6.45, 7) is 2.47. The Labute approximate surface area is 474 Å². The zero-order chi connectivity index (χ0) is 61.5. The van der Waals surface area contributed by atoms with E-state index in [1.165, 1.54) is 33.9 Å². The Balaban J connectivity index is 0.0000104. The number of H-pyrrole nitrogens is 4. The van der Waals surface area contributed by atoms with Gasteiger partial charge in [0.15, 0.2) is 0 Å². The first-order valence-corrected chi connectivity index (χ1v) is 30.9. The van der Waals surface area contributed by atoms with E-state index in [2.05, 4.69) is 14.5 Å². The van der Waals surface area contributed by atoms with Crippen LogP contribution >= 0.6 is 31.3 Å². The number of aromatic nitrogens is 8. The summed E-state index contributed by atoms with van der Waals surface area (Å²) < 4.78 is 122. The molecule has 4 fully saturated rings. The Hall–Kier alpha value is -5.57. The first kappa shape index (κ1) is 66.9. The zero-order valence-corrected chi connectivity index (χ0v) is 48.7. The van der Waals surface area contributed by atoms with Crippen molar-refractivity contribution in [2.75, 3.05) is 26.4 Å². The van der Waals surface area contributed by atoms with Crippen molar-refractivity contribution in [1.29, 1.82) is 0 Å². The summed E-state index contributed by atoms with van der Waals surface area (Å²) in [7, 11) is -21.5. The third-order valence-electron chi connectivity index (χ3n) is 13.3. The largest absolute Gasteiger partial charge is 0.472 e. The fourth-order valence-corrected chi connectivity index (χ4v) is 12.5. The Bertz CT molecular complexity index is 3850. The maximum Gasteiger partial charge on any atom is 0.472 e. The van der Waals surface area contributed by atoms with Gasteiger partial charge in [0.05, 0.1) is 26.4 Å². The second-order valence-electron chi connectivity index (χ2n) is 19.5. The maximum absolute atomic E-state index is 13.9. The quantitative estimate of drug-likeness (QED) is 0.0292. The lowest BCUT2D eigenvalue weighted by molar-refractivity contribution is -0.150. The summed E-state index contributed by atoms with van der Waals surface area (Å²) in [4.78, 5) is 172. The van der Waals surface area contributed by atoms with Crippen LogP contribution < -0.4 is 51.1 Å². The van der Waals surface area contributed by atoms with Gasteiger partial charge in [-0.3, -0.25) is 93.8 Å². The minimum Gasteiger partial charge on any atom is -0.460 e. The van der Waals surface area contributed by atoms with Crippen LogP contribution in [0.5, 0.6) is 0 Å². The van der Waals surface area contributed by atoms with Crippen LogP contribution in [0.15, 0.2) is 63.1 Å². The van der Waals surface area contributed by atoms with Gasteiger partial charge in [0, 0.05) is 79.6 Å². The number of rotatable bonds is 23. The van der Waals surface area contributed by atoms with E-state index in [1.54, 1.807) is 0 Å². The molecular weight excluding hydrogens is 1230 g/mol. The van der Waals surface area contributed by atoms with Gasteiger partial charge in [-0.2, -0.15) is 0 Å². The molecule has 472 valence electrons. The van der Waals surface area contributed by atoms with Crippen molar-refractivity contribution in [2.45, 2.75) is 134 Å². The summed E-state index contributed by atoms with van der Waals surface area (Å²) in [6.07, 6.45) is -15.6. The van der Waals surface area contributed by atoms with Crippen LogP contribution in [0.2, 0.25) is 0 Å². The van der Waals surface area contributed by atoms with Gasteiger partial charge in [-0.25, -0.2) is 37.4 Å². The monoisotopic (exact) mass is 1290 g/mol. The van der Waals surface area contributed by atoms with Crippen molar-refractivity contribution in [1.82, 2.24) is 44.4 Å². The standard InChI is InChI=1S/C42H56N8O30P4.H3N/c1-18-10-47(39(56)43-35(18)52)31-6-23(73-22(5)51)27(74-31)15-70-82(63,64)79-25-8-33(49-12-20(3)37(54)45-41(49)58)76-29(25)17-72-84(67,68)80-26-9-34(50-13-21(4)38(55)46-42(50)59)77-30(26)16-71-83(65,66)78-24-7-32(75-28(24)14-69-81(60,61)62)48-11-19(2)36(53)44-40(48)57;/h10-13,23-34H,6-9,14-17H2,1-5H3,(H,63,64)(H,65,66)(H,67,68)(H,43,52,56)(H,44,53,57)(H,45,54,58)(H,46,55,59)(H2,60,61,62);1H3. The highest BCUT2D eigenvalue weighted by Crippen LogP contribution is 2.54. The van der Waals surface area contributed by atoms with E-state index < -0.39 is 202 Å². The van der Waals surface area contributed by atoms with Gasteiger partial charge < -0.3 is 54.3 Å². The van der Waals surface area contributed by atoms with E-state index in [9.17, 15) is 85.9 Å². The Morgan fingerprint density at radius 3 is 0.941 bits per heavy atom. The number of hydrogen-bond donors (Lipinski definition) is 10. The van der Waals surface area contributed by atoms with Crippen molar-refractivity contribution >= 4 is 37.3 Å². The number of ether oxygens (including phenoxy) is 5.